The number of hydrogen-bond acceptors (Lipinski definition) is 3. The van der Waals surface area contributed by atoms with Gasteiger partial charge >= 0.3 is 7.12 Å². The lowest BCUT2D eigenvalue weighted by molar-refractivity contribution is -0.114. The molecule has 0 N–H and O–H groups in total. The lowest BCUT2D eigenvalue weighted by Gasteiger charge is -2.32. The van der Waals surface area contributed by atoms with Gasteiger partial charge in [-0.1, -0.05) is 18.2 Å². The Balaban J connectivity index is 1.86. The van der Waals surface area contributed by atoms with Gasteiger partial charge in [0.25, 0.3) is 5.91 Å². The van der Waals surface area contributed by atoms with Crippen LogP contribution in [-0.2, 0) is 14.1 Å². The van der Waals surface area contributed by atoms with E-state index >= 15 is 0 Å². The monoisotopic (exact) mass is 299 g/mol. The van der Waals surface area contributed by atoms with Crippen molar-refractivity contribution in [2.45, 2.75) is 45.8 Å². The van der Waals surface area contributed by atoms with Crippen LogP contribution < -0.4 is 10.4 Å². The maximum Gasteiger partial charge on any atom is 0.494 e. The number of hydrogen-bond donors (Lipinski definition) is 0. The molecule has 0 saturated carbocycles. The molecule has 5 heteroatoms. The molecule has 1 fully saturated rings. The number of benzene rings is 1. The van der Waals surface area contributed by atoms with E-state index in [-0.39, 0.29) is 17.1 Å². The molecule has 116 valence electrons. The van der Waals surface area contributed by atoms with E-state index in [4.69, 9.17) is 9.31 Å². The standard InChI is InChI=1S/C17H22BNO3/c1-12-9-10-19(15(12)20)14-8-6-7-13(11-14)18-21-16(2,3)17(4,5)22-18/h6-9,11H,10H2,1-5H3. The van der Waals surface area contributed by atoms with Crippen molar-refractivity contribution < 1.29 is 14.1 Å². The van der Waals surface area contributed by atoms with Crippen molar-refractivity contribution in [3.8, 4) is 0 Å². The van der Waals surface area contributed by atoms with Gasteiger partial charge in [0.15, 0.2) is 0 Å². The fraction of sp³-hybridized carbons (Fsp3) is 0.471. The van der Waals surface area contributed by atoms with Crippen LogP contribution in [0.3, 0.4) is 0 Å². The lowest BCUT2D eigenvalue weighted by atomic mass is 9.79. The van der Waals surface area contributed by atoms with Gasteiger partial charge in [0, 0.05) is 17.8 Å². The van der Waals surface area contributed by atoms with Crippen molar-refractivity contribution in [3.63, 3.8) is 0 Å². The average Bonchev–Trinajstić information content (AvgIpc) is 2.88. The minimum absolute atomic E-state index is 0.0612. The Hall–Kier alpha value is -1.59. The number of anilines is 1. The van der Waals surface area contributed by atoms with Crippen molar-refractivity contribution in [1.82, 2.24) is 0 Å². The summed E-state index contributed by atoms with van der Waals surface area (Å²) in [4.78, 5) is 13.9. The predicted octanol–water partition coefficient (Wildman–Crippen LogP) is 2.28. The van der Waals surface area contributed by atoms with Gasteiger partial charge in [0.2, 0.25) is 0 Å². The van der Waals surface area contributed by atoms with Crippen LogP contribution in [0.15, 0.2) is 35.9 Å². The SMILES string of the molecule is CC1=CCN(c2cccc(B3OC(C)(C)C(C)(C)O3)c2)C1=O. The van der Waals surface area contributed by atoms with Crippen LogP contribution in [0.1, 0.15) is 34.6 Å². The highest BCUT2D eigenvalue weighted by atomic mass is 16.7. The first-order valence-electron chi connectivity index (χ1n) is 7.65. The zero-order valence-corrected chi connectivity index (χ0v) is 13.8. The molecule has 0 unspecified atom stereocenters. The second-order valence-corrected chi connectivity index (χ2v) is 6.99. The van der Waals surface area contributed by atoms with Gasteiger partial charge in [-0.2, -0.15) is 0 Å². The molecule has 2 aliphatic rings. The van der Waals surface area contributed by atoms with Crippen molar-refractivity contribution in [2.75, 3.05) is 11.4 Å². The van der Waals surface area contributed by atoms with Crippen LogP contribution in [0.5, 0.6) is 0 Å². The van der Waals surface area contributed by atoms with Crippen molar-refractivity contribution in [1.29, 1.82) is 0 Å². The first-order chi connectivity index (χ1) is 10.2. The molecule has 2 aliphatic heterocycles. The maximum absolute atomic E-state index is 12.1. The first-order valence-corrected chi connectivity index (χ1v) is 7.65. The van der Waals surface area contributed by atoms with Gasteiger partial charge in [-0.3, -0.25) is 4.79 Å². The Morgan fingerprint density at radius 3 is 2.32 bits per heavy atom. The third-order valence-electron chi connectivity index (χ3n) is 4.87. The largest absolute Gasteiger partial charge is 0.494 e. The van der Waals surface area contributed by atoms with E-state index in [0.29, 0.717) is 6.54 Å². The van der Waals surface area contributed by atoms with Gasteiger partial charge in [-0.15, -0.1) is 0 Å². The summed E-state index contributed by atoms with van der Waals surface area (Å²) in [5.41, 5.74) is 1.88. The van der Waals surface area contributed by atoms with Crippen molar-refractivity contribution in [2.24, 2.45) is 0 Å². The number of rotatable bonds is 2. The lowest BCUT2D eigenvalue weighted by Crippen LogP contribution is -2.41. The zero-order chi connectivity index (χ0) is 16.1. The molecule has 0 radical (unpaired) electrons. The van der Waals surface area contributed by atoms with Gasteiger partial charge < -0.3 is 14.2 Å². The molecule has 1 amide bonds. The van der Waals surface area contributed by atoms with Gasteiger partial charge in [-0.05, 0) is 52.2 Å². The molecule has 1 saturated heterocycles. The molecule has 0 aliphatic carbocycles. The van der Waals surface area contributed by atoms with E-state index in [9.17, 15) is 4.79 Å². The zero-order valence-electron chi connectivity index (χ0n) is 13.8. The summed E-state index contributed by atoms with van der Waals surface area (Å²) >= 11 is 0. The third-order valence-corrected chi connectivity index (χ3v) is 4.87. The summed E-state index contributed by atoms with van der Waals surface area (Å²) < 4.78 is 12.2. The van der Waals surface area contributed by atoms with Crippen LogP contribution >= 0.6 is 0 Å². The number of carbonyl (C=O) groups is 1. The van der Waals surface area contributed by atoms with Crippen LogP contribution in [0.25, 0.3) is 0 Å². The van der Waals surface area contributed by atoms with Crippen molar-refractivity contribution >= 4 is 24.2 Å². The molecule has 2 heterocycles. The molecule has 22 heavy (non-hydrogen) atoms. The summed E-state index contributed by atoms with van der Waals surface area (Å²) in [5.74, 6) is 0.0612. The molecule has 0 atom stereocenters. The summed E-state index contributed by atoms with van der Waals surface area (Å²) in [6.45, 7) is 10.6. The summed E-state index contributed by atoms with van der Waals surface area (Å²) in [7, 11) is -0.406. The Bertz CT molecular complexity index is 635. The third kappa shape index (κ3) is 2.38. The first kappa shape index (κ1) is 15.3. The Kier molecular flexibility index (Phi) is 3.46. The molecule has 1 aromatic rings. The van der Waals surface area contributed by atoms with E-state index in [1.54, 1.807) is 4.90 Å². The minimum Gasteiger partial charge on any atom is -0.399 e. The maximum atomic E-state index is 12.1. The second-order valence-electron chi connectivity index (χ2n) is 6.99. The highest BCUT2D eigenvalue weighted by Crippen LogP contribution is 2.36. The van der Waals surface area contributed by atoms with E-state index < -0.39 is 7.12 Å². The van der Waals surface area contributed by atoms with Gasteiger partial charge in [-0.25, -0.2) is 0 Å². The second kappa shape index (κ2) is 4.96. The van der Waals surface area contributed by atoms with Crippen LogP contribution in [0.2, 0.25) is 0 Å². The van der Waals surface area contributed by atoms with Crippen LogP contribution in [0, 0.1) is 0 Å². The molecule has 0 spiro atoms. The molecular weight excluding hydrogens is 277 g/mol. The Morgan fingerprint density at radius 2 is 1.77 bits per heavy atom. The van der Waals surface area contributed by atoms with Gasteiger partial charge in [0.1, 0.15) is 0 Å². The minimum atomic E-state index is -0.406. The predicted molar refractivity (Wildman–Crippen MR) is 88.3 cm³/mol. The highest BCUT2D eigenvalue weighted by molar-refractivity contribution is 6.62. The number of carbonyl (C=O) groups excluding carboxylic acids is 1. The quantitative estimate of drug-likeness (QED) is 0.786. The van der Waals surface area contributed by atoms with Crippen LogP contribution in [-0.4, -0.2) is 30.8 Å². The Labute approximate surface area is 132 Å². The van der Waals surface area contributed by atoms with E-state index in [0.717, 1.165) is 16.7 Å². The molecule has 3 rings (SSSR count). The fourth-order valence-electron chi connectivity index (χ4n) is 2.65. The highest BCUT2D eigenvalue weighted by Gasteiger charge is 2.51. The van der Waals surface area contributed by atoms with Crippen molar-refractivity contribution in [3.05, 3.63) is 35.9 Å². The molecule has 0 aromatic heterocycles. The number of nitrogens with zero attached hydrogens (tertiary/aromatic N) is 1. The normalized spacial score (nSPS) is 23.1. The molecule has 4 nitrogen and oxygen atoms in total. The molecule has 0 bridgehead atoms. The van der Waals surface area contributed by atoms with E-state index in [2.05, 4.69) is 0 Å². The summed E-state index contributed by atoms with van der Waals surface area (Å²) in [6, 6.07) is 7.84. The Morgan fingerprint density at radius 1 is 1.14 bits per heavy atom. The van der Waals surface area contributed by atoms with E-state index in [1.165, 1.54) is 0 Å². The average molecular weight is 299 g/mol. The smallest absolute Gasteiger partial charge is 0.399 e. The number of amides is 1. The van der Waals surface area contributed by atoms with E-state index in [1.807, 2.05) is 65.0 Å². The topological polar surface area (TPSA) is 38.8 Å². The summed E-state index contributed by atoms with van der Waals surface area (Å²) in [6.07, 6.45) is 1.95. The van der Waals surface area contributed by atoms with Crippen LogP contribution in [0.4, 0.5) is 5.69 Å². The van der Waals surface area contributed by atoms with Gasteiger partial charge in [0.05, 0.1) is 11.2 Å². The summed E-state index contributed by atoms with van der Waals surface area (Å²) in [5, 5.41) is 0. The fourth-order valence-corrected chi connectivity index (χ4v) is 2.65. The molecular formula is C17H22BNO3. The molecule has 1 aromatic carbocycles.